The third kappa shape index (κ3) is 3.93. The average Bonchev–Trinajstić information content (AvgIpc) is 3.20. The number of hydrogen-bond donors (Lipinski definition) is 1. The molecule has 0 aliphatic carbocycles. The summed E-state index contributed by atoms with van der Waals surface area (Å²) in [6, 6.07) is 5.27. The highest BCUT2D eigenvalue weighted by atomic mass is 16.5. The van der Waals surface area contributed by atoms with E-state index in [1.807, 2.05) is 0 Å². The first-order chi connectivity index (χ1) is 12.9. The standard InChI is InChI=1S/C23H34N2O2/c1-23(2,3)18-13-17-6-10-25(22(26)16-7-11-27-12-8-16)15-20(17)19(14-18)21-5-4-9-24-21/h13-14,16,21,24H,4-12,15H2,1-3H3/t21-/m0/s1. The van der Waals surface area contributed by atoms with E-state index in [0.29, 0.717) is 11.9 Å². The minimum absolute atomic E-state index is 0.150. The molecule has 0 radical (unpaired) electrons. The van der Waals surface area contributed by atoms with Gasteiger partial charge in [0.2, 0.25) is 5.91 Å². The van der Waals surface area contributed by atoms with Crippen molar-refractivity contribution in [2.24, 2.45) is 5.92 Å². The van der Waals surface area contributed by atoms with Crippen LogP contribution in [0.4, 0.5) is 0 Å². The van der Waals surface area contributed by atoms with Crippen molar-refractivity contribution in [3.05, 3.63) is 34.4 Å². The Morgan fingerprint density at radius 3 is 2.63 bits per heavy atom. The average molecular weight is 371 g/mol. The predicted octanol–water partition coefficient (Wildman–Crippen LogP) is 3.72. The molecule has 27 heavy (non-hydrogen) atoms. The Hall–Kier alpha value is -1.39. The van der Waals surface area contributed by atoms with Crippen molar-refractivity contribution < 1.29 is 9.53 Å². The molecule has 0 bridgehead atoms. The van der Waals surface area contributed by atoms with Gasteiger partial charge in [0.05, 0.1) is 0 Å². The van der Waals surface area contributed by atoms with Crippen LogP contribution in [0.3, 0.4) is 0 Å². The number of nitrogens with zero attached hydrogens (tertiary/aromatic N) is 1. The zero-order valence-electron chi connectivity index (χ0n) is 17.1. The molecule has 2 fully saturated rings. The molecule has 0 unspecified atom stereocenters. The van der Waals surface area contributed by atoms with Gasteiger partial charge in [0.25, 0.3) is 0 Å². The predicted molar refractivity (Wildman–Crippen MR) is 108 cm³/mol. The molecule has 0 aromatic heterocycles. The Balaban J connectivity index is 1.64. The molecule has 4 heteroatoms. The van der Waals surface area contributed by atoms with Crippen LogP contribution in [0.2, 0.25) is 0 Å². The maximum absolute atomic E-state index is 13.1. The Kier molecular flexibility index (Phi) is 5.30. The zero-order chi connectivity index (χ0) is 19.0. The van der Waals surface area contributed by atoms with Crippen molar-refractivity contribution in [3.8, 4) is 0 Å². The monoisotopic (exact) mass is 370 g/mol. The van der Waals surface area contributed by atoms with E-state index in [4.69, 9.17) is 4.74 Å². The van der Waals surface area contributed by atoms with Crippen LogP contribution in [0.1, 0.15) is 74.8 Å². The topological polar surface area (TPSA) is 41.6 Å². The van der Waals surface area contributed by atoms with Crippen molar-refractivity contribution in [1.82, 2.24) is 10.2 Å². The third-order valence-electron chi connectivity index (χ3n) is 6.56. The number of nitrogens with one attached hydrogen (secondary N) is 1. The second-order valence-corrected chi connectivity index (χ2v) is 9.50. The van der Waals surface area contributed by atoms with E-state index >= 15 is 0 Å². The first-order valence-electron chi connectivity index (χ1n) is 10.7. The summed E-state index contributed by atoms with van der Waals surface area (Å²) in [5.74, 6) is 0.497. The van der Waals surface area contributed by atoms with Crippen LogP contribution < -0.4 is 5.32 Å². The summed E-state index contributed by atoms with van der Waals surface area (Å²) in [6.07, 6.45) is 5.18. The summed E-state index contributed by atoms with van der Waals surface area (Å²) >= 11 is 0. The molecule has 1 amide bonds. The summed E-state index contributed by atoms with van der Waals surface area (Å²) in [5.41, 5.74) is 5.89. The summed E-state index contributed by atoms with van der Waals surface area (Å²) < 4.78 is 5.45. The quantitative estimate of drug-likeness (QED) is 0.863. The number of amides is 1. The van der Waals surface area contributed by atoms with Crippen molar-refractivity contribution in [2.75, 3.05) is 26.3 Å². The lowest BCUT2D eigenvalue weighted by Crippen LogP contribution is -2.42. The van der Waals surface area contributed by atoms with Crippen molar-refractivity contribution in [3.63, 3.8) is 0 Å². The van der Waals surface area contributed by atoms with E-state index in [9.17, 15) is 4.79 Å². The normalized spacial score (nSPS) is 24.1. The highest BCUT2D eigenvalue weighted by Gasteiger charge is 2.32. The number of carbonyl (C=O) groups excluding carboxylic acids is 1. The molecular weight excluding hydrogens is 336 g/mol. The van der Waals surface area contributed by atoms with Gasteiger partial charge in [-0.2, -0.15) is 0 Å². The second-order valence-electron chi connectivity index (χ2n) is 9.50. The molecule has 148 valence electrons. The molecule has 0 saturated carbocycles. The van der Waals surface area contributed by atoms with Gasteiger partial charge in [0, 0.05) is 38.3 Å². The Labute approximate surface area is 163 Å². The Bertz CT molecular complexity index is 695. The lowest BCUT2D eigenvalue weighted by molar-refractivity contribution is -0.139. The third-order valence-corrected chi connectivity index (χ3v) is 6.56. The Morgan fingerprint density at radius 1 is 1.19 bits per heavy atom. The zero-order valence-corrected chi connectivity index (χ0v) is 17.1. The fraction of sp³-hybridized carbons (Fsp3) is 0.696. The maximum Gasteiger partial charge on any atom is 0.226 e. The number of ether oxygens (including phenoxy) is 1. The molecule has 3 aliphatic heterocycles. The molecule has 1 N–H and O–H groups in total. The summed E-state index contributed by atoms with van der Waals surface area (Å²) in [7, 11) is 0. The van der Waals surface area contributed by atoms with E-state index in [1.165, 1.54) is 35.1 Å². The van der Waals surface area contributed by atoms with Crippen LogP contribution in [0.15, 0.2) is 12.1 Å². The van der Waals surface area contributed by atoms with Crippen molar-refractivity contribution in [1.29, 1.82) is 0 Å². The highest BCUT2D eigenvalue weighted by Crippen LogP contribution is 2.36. The molecule has 2 saturated heterocycles. The van der Waals surface area contributed by atoms with Gasteiger partial charge in [-0.1, -0.05) is 32.9 Å². The van der Waals surface area contributed by atoms with Gasteiger partial charge in [0.1, 0.15) is 0 Å². The smallest absolute Gasteiger partial charge is 0.226 e. The highest BCUT2D eigenvalue weighted by molar-refractivity contribution is 5.79. The lowest BCUT2D eigenvalue weighted by Gasteiger charge is -2.36. The first kappa shape index (κ1) is 18.9. The van der Waals surface area contributed by atoms with E-state index in [1.54, 1.807) is 0 Å². The van der Waals surface area contributed by atoms with Gasteiger partial charge in [-0.05, 0) is 66.3 Å². The van der Waals surface area contributed by atoms with Gasteiger partial charge in [-0.25, -0.2) is 0 Å². The fourth-order valence-electron chi connectivity index (χ4n) is 4.78. The van der Waals surface area contributed by atoms with Crippen LogP contribution in [0, 0.1) is 5.92 Å². The summed E-state index contributed by atoms with van der Waals surface area (Å²) in [5, 5.41) is 3.69. The van der Waals surface area contributed by atoms with E-state index in [2.05, 4.69) is 43.1 Å². The van der Waals surface area contributed by atoms with Gasteiger partial charge >= 0.3 is 0 Å². The number of rotatable bonds is 2. The number of hydrogen-bond acceptors (Lipinski definition) is 3. The fourth-order valence-corrected chi connectivity index (χ4v) is 4.78. The van der Waals surface area contributed by atoms with Crippen LogP contribution in [-0.2, 0) is 27.9 Å². The van der Waals surface area contributed by atoms with Crippen LogP contribution in [0.5, 0.6) is 0 Å². The largest absolute Gasteiger partial charge is 0.381 e. The van der Waals surface area contributed by atoms with Crippen LogP contribution >= 0.6 is 0 Å². The van der Waals surface area contributed by atoms with E-state index in [-0.39, 0.29) is 11.3 Å². The van der Waals surface area contributed by atoms with Crippen LogP contribution in [0.25, 0.3) is 0 Å². The first-order valence-corrected chi connectivity index (χ1v) is 10.7. The number of benzene rings is 1. The van der Waals surface area contributed by atoms with Gasteiger partial charge < -0.3 is 15.0 Å². The molecule has 3 aliphatic rings. The number of fused-ring (bicyclic) bond motifs is 1. The molecule has 4 nitrogen and oxygen atoms in total. The Morgan fingerprint density at radius 2 is 1.96 bits per heavy atom. The van der Waals surface area contributed by atoms with E-state index < -0.39 is 0 Å². The molecule has 1 atom stereocenters. The molecule has 1 aromatic rings. The van der Waals surface area contributed by atoms with Crippen molar-refractivity contribution in [2.45, 2.75) is 70.9 Å². The summed E-state index contributed by atoms with van der Waals surface area (Å²) in [4.78, 5) is 15.2. The van der Waals surface area contributed by atoms with E-state index in [0.717, 1.165) is 52.1 Å². The lowest BCUT2D eigenvalue weighted by atomic mass is 9.80. The molecular formula is C23H34N2O2. The van der Waals surface area contributed by atoms with Gasteiger partial charge in [-0.15, -0.1) is 0 Å². The van der Waals surface area contributed by atoms with Crippen molar-refractivity contribution >= 4 is 5.91 Å². The molecule has 0 spiro atoms. The second kappa shape index (κ2) is 7.56. The maximum atomic E-state index is 13.1. The minimum atomic E-state index is 0.150. The summed E-state index contributed by atoms with van der Waals surface area (Å²) in [6.45, 7) is 11.1. The van der Waals surface area contributed by atoms with Gasteiger partial charge in [-0.3, -0.25) is 4.79 Å². The number of carbonyl (C=O) groups is 1. The SMILES string of the molecule is CC(C)(C)c1cc2c(c([C@@H]3CCCN3)c1)CN(C(=O)C1CCOCC1)CC2. The van der Waals surface area contributed by atoms with Gasteiger partial charge in [0.15, 0.2) is 0 Å². The van der Waals surface area contributed by atoms with Crippen LogP contribution in [-0.4, -0.2) is 37.1 Å². The molecule has 1 aromatic carbocycles. The minimum Gasteiger partial charge on any atom is -0.381 e. The molecule has 3 heterocycles. The molecule has 4 rings (SSSR count).